The van der Waals surface area contributed by atoms with Gasteiger partial charge in [-0.3, -0.25) is 9.59 Å². The fraction of sp³-hybridized carbons (Fsp3) is 0.871. The van der Waals surface area contributed by atoms with Crippen molar-refractivity contribution in [1.29, 1.82) is 0 Å². The molecule has 0 aromatic carbocycles. The second-order valence-electron chi connectivity index (χ2n) is 28.2. The van der Waals surface area contributed by atoms with E-state index in [1.807, 2.05) is 41.8 Å². The van der Waals surface area contributed by atoms with Crippen LogP contribution in [0.25, 0.3) is 0 Å². The Morgan fingerprint density at radius 3 is 1.38 bits per heavy atom. The van der Waals surface area contributed by atoms with E-state index in [4.69, 9.17) is 43.4 Å². The van der Waals surface area contributed by atoms with Gasteiger partial charge in [0.05, 0.1) is 40.5 Å². The lowest BCUT2D eigenvalue weighted by Gasteiger charge is -2.46. The van der Waals surface area contributed by atoms with Gasteiger partial charge in [0.25, 0.3) is 6.23 Å². The smallest absolute Gasteiger partial charge is 0.450 e. The number of aliphatic hydroxyl groups excluding tert-OH is 2. The van der Waals surface area contributed by atoms with Crippen LogP contribution < -0.4 is 36.8 Å². The Labute approximate surface area is 514 Å². The minimum absolute atomic E-state index is 0.0569. The first-order chi connectivity index (χ1) is 39.8. The summed E-state index contributed by atoms with van der Waals surface area (Å²) in [4.78, 5) is 98.8. The summed E-state index contributed by atoms with van der Waals surface area (Å²) in [7, 11) is 3.63. The van der Waals surface area contributed by atoms with Crippen LogP contribution in [-0.4, -0.2) is 168 Å². The summed E-state index contributed by atoms with van der Waals surface area (Å²) in [5.74, 6) is -0.629. The molecule has 500 valence electrons. The van der Waals surface area contributed by atoms with Gasteiger partial charge >= 0.3 is 36.6 Å². The van der Waals surface area contributed by atoms with Crippen molar-refractivity contribution in [2.45, 2.75) is 243 Å². The second-order valence-corrected chi connectivity index (χ2v) is 28.2. The van der Waals surface area contributed by atoms with Crippen molar-refractivity contribution in [2.75, 3.05) is 73.4 Å². The highest BCUT2D eigenvalue weighted by atomic mass is 16.7. The van der Waals surface area contributed by atoms with Crippen molar-refractivity contribution in [3.05, 3.63) is 0 Å². The molecule has 3 aliphatic rings. The average molecular weight is 1230 g/mol. The normalized spacial score (nSPS) is 24.3. The summed E-state index contributed by atoms with van der Waals surface area (Å²) in [6.07, 6.45) is 5.46. The Kier molecular flexibility index (Phi) is 33.7. The number of quaternary nitrogens is 1. The summed E-state index contributed by atoms with van der Waals surface area (Å²) >= 11 is 0. The molecule has 3 aliphatic carbocycles. The number of rotatable bonds is 28. The predicted molar refractivity (Wildman–Crippen MR) is 326 cm³/mol. The quantitative estimate of drug-likeness (QED) is 0.0154. The molecule has 86 heavy (non-hydrogen) atoms. The van der Waals surface area contributed by atoms with Gasteiger partial charge in [0, 0.05) is 44.7 Å². The van der Waals surface area contributed by atoms with Crippen molar-refractivity contribution in [2.24, 2.45) is 32.5 Å². The SMILES string of the molecule is CC.CC(O)C(=O)CO.CCOC(=O)OCCCCCC(C)(C)OC(=O)NC1CC(C)(C)CC(C)(CNC(=O)OCCCCOC(=O)NC2CC(C)(C)CC(C)(CNC(=O)OCC(OC(=O)NC3CC(C)(C)CC(C)(CNC(C)=O)C3)[NH+](C)C)C2)C1. The first-order valence-electron chi connectivity index (χ1n) is 31.2. The number of amides is 6. The molecule has 6 amide bonds. The number of ketones is 1. The third kappa shape index (κ3) is 33.7. The molecular weight excluding hydrogens is 1110 g/mol. The highest BCUT2D eigenvalue weighted by molar-refractivity contribution is 5.83. The van der Waals surface area contributed by atoms with Crippen LogP contribution in [0.1, 0.15) is 207 Å². The van der Waals surface area contributed by atoms with E-state index in [1.165, 1.54) is 13.8 Å². The number of carbonyl (C=O) groups is 8. The largest absolute Gasteiger partial charge is 0.508 e. The fourth-order valence-electron chi connectivity index (χ4n) is 12.9. The zero-order valence-electron chi connectivity index (χ0n) is 55.9. The van der Waals surface area contributed by atoms with Crippen molar-refractivity contribution in [3.8, 4) is 0 Å². The van der Waals surface area contributed by atoms with E-state index in [0.717, 1.165) is 56.3 Å². The van der Waals surface area contributed by atoms with Gasteiger partial charge in [0.1, 0.15) is 18.3 Å². The van der Waals surface area contributed by atoms with Gasteiger partial charge < -0.3 is 80.2 Å². The van der Waals surface area contributed by atoms with Crippen LogP contribution in [-0.2, 0) is 42.7 Å². The summed E-state index contributed by atoms with van der Waals surface area (Å²) in [6.45, 7) is 32.8. The third-order valence-electron chi connectivity index (χ3n) is 15.5. The van der Waals surface area contributed by atoms with Gasteiger partial charge in [0.2, 0.25) is 5.91 Å². The lowest BCUT2D eigenvalue weighted by molar-refractivity contribution is -0.908. The zero-order valence-corrected chi connectivity index (χ0v) is 55.9. The van der Waals surface area contributed by atoms with Gasteiger partial charge in [-0.2, -0.15) is 0 Å². The van der Waals surface area contributed by atoms with Crippen LogP contribution in [0.3, 0.4) is 0 Å². The second kappa shape index (κ2) is 36.8. The van der Waals surface area contributed by atoms with Crippen molar-refractivity contribution in [1.82, 2.24) is 31.9 Å². The number of likely N-dealkylation sites (N-methyl/N-ethyl adjacent to an activating group) is 1. The van der Waals surface area contributed by atoms with Gasteiger partial charge in [-0.25, -0.2) is 28.8 Å². The highest BCUT2D eigenvalue weighted by Crippen LogP contribution is 2.48. The van der Waals surface area contributed by atoms with Crippen LogP contribution in [0.2, 0.25) is 0 Å². The van der Waals surface area contributed by atoms with Crippen molar-refractivity contribution >= 4 is 48.3 Å². The minimum atomic E-state index is -1.02. The van der Waals surface area contributed by atoms with E-state index in [9.17, 15) is 38.4 Å². The first kappa shape index (κ1) is 78.7. The number of alkyl carbamates (subject to hydrolysis) is 5. The molecule has 3 saturated carbocycles. The zero-order chi connectivity index (χ0) is 65.7. The molecule has 0 saturated heterocycles. The molecule has 3 fully saturated rings. The van der Waals surface area contributed by atoms with Gasteiger partial charge in [0.15, 0.2) is 12.4 Å². The number of aliphatic hydroxyl groups is 2. The molecule has 9 N–H and O–H groups in total. The van der Waals surface area contributed by atoms with E-state index < -0.39 is 66.9 Å². The first-order valence-corrected chi connectivity index (χ1v) is 31.2. The third-order valence-corrected chi connectivity index (χ3v) is 15.5. The molecule has 0 heterocycles. The Balaban J connectivity index is 0.00000381. The lowest BCUT2D eigenvalue weighted by atomic mass is 9.62. The monoisotopic (exact) mass is 1230 g/mol. The molecule has 8 atom stereocenters. The van der Waals surface area contributed by atoms with E-state index in [2.05, 4.69) is 94.2 Å². The lowest BCUT2D eigenvalue weighted by Crippen LogP contribution is -3.11. The number of carbonyl (C=O) groups excluding carboxylic acids is 8. The fourth-order valence-corrected chi connectivity index (χ4v) is 12.9. The number of unbranched alkanes of at least 4 members (excludes halogenated alkanes) is 3. The Morgan fingerprint density at radius 1 is 0.558 bits per heavy atom. The van der Waals surface area contributed by atoms with Gasteiger partial charge in [-0.1, -0.05) is 76.2 Å². The van der Waals surface area contributed by atoms with Gasteiger partial charge in [-0.05, 0) is 156 Å². The molecule has 24 nitrogen and oxygen atoms in total. The van der Waals surface area contributed by atoms with E-state index in [-0.39, 0.29) is 89.6 Å². The maximum Gasteiger partial charge on any atom is 0.508 e. The van der Waals surface area contributed by atoms with Crippen LogP contribution >= 0.6 is 0 Å². The molecule has 24 heteroatoms. The Hall–Kier alpha value is -5.36. The van der Waals surface area contributed by atoms with Crippen LogP contribution in [0, 0.1) is 32.5 Å². The van der Waals surface area contributed by atoms with E-state index in [0.29, 0.717) is 64.6 Å². The maximum atomic E-state index is 13.2. The minimum Gasteiger partial charge on any atom is -0.450 e. The molecule has 0 radical (unpaired) electrons. The number of nitrogens with one attached hydrogen (secondary N) is 7. The molecule has 0 spiro atoms. The summed E-state index contributed by atoms with van der Waals surface area (Å²) in [5.41, 5.74) is -1.86. The molecule has 0 aromatic rings. The number of hydrogen-bond acceptors (Lipinski definition) is 17. The summed E-state index contributed by atoms with van der Waals surface area (Å²) in [5, 5.41) is 34.2. The maximum absolute atomic E-state index is 13.2. The number of Topliss-reactive ketones (excluding diaryl/α,β-unsaturated/α-hetero) is 1. The number of hydrogen-bond donors (Lipinski definition) is 9. The van der Waals surface area contributed by atoms with Crippen LogP contribution in [0.15, 0.2) is 0 Å². The van der Waals surface area contributed by atoms with Crippen molar-refractivity contribution in [3.63, 3.8) is 0 Å². The molecule has 0 aliphatic heterocycles. The summed E-state index contributed by atoms with van der Waals surface area (Å²) < 4.78 is 38.0. The van der Waals surface area contributed by atoms with Crippen molar-refractivity contribution < 1.29 is 86.6 Å². The average Bonchev–Trinajstić information content (AvgIpc) is 1.76. The molecular formula is C62H116N7O17+. The molecule has 0 bridgehead atoms. The summed E-state index contributed by atoms with van der Waals surface area (Å²) in [6, 6.07) is -0.498. The highest BCUT2D eigenvalue weighted by Gasteiger charge is 2.45. The van der Waals surface area contributed by atoms with Gasteiger partial charge in [-0.15, -0.1) is 0 Å². The van der Waals surface area contributed by atoms with Crippen LogP contribution in [0.5, 0.6) is 0 Å². The standard InChI is InChI=1S/C56H101N7O14.C4H8O3.C2H6/c1-16-71-49(70)74-25-19-17-18-22-53(9,10)77-48(69)62-42-28-52(7,8)35-56(13,31-42)37-58-44(65)72-23-20-21-24-73-46(67)60-40-26-50(3,4)34-55(12,29-40)38-59-45(66)75-32-43(63(14)15)76-47(68)61-41-27-51(5,6)33-54(11,30-41)36-57-39(2)64;1-3(6)4(7)2-5;1-2/h40-43H,16-38H2,1-15H3,(H,57,64)(H,58,65)(H,59,66)(H,60,67)(H,61,68)(H,62,69);3,5-6H,2H2,1H3;1-2H3/p+1. The van der Waals surface area contributed by atoms with Crippen LogP contribution in [0.4, 0.5) is 28.8 Å². The number of ether oxygens (including phenoxy) is 7. The topological polar surface area (TPSA) is 318 Å². The Morgan fingerprint density at radius 2 is 0.965 bits per heavy atom. The van der Waals surface area contributed by atoms with E-state index >= 15 is 0 Å². The Bertz CT molecular complexity index is 2120. The predicted octanol–water partition coefficient (Wildman–Crippen LogP) is 8.23. The van der Waals surface area contributed by atoms with E-state index in [1.54, 1.807) is 6.92 Å². The molecule has 8 unspecified atom stereocenters. The molecule has 0 aromatic heterocycles. The molecule has 3 rings (SSSR count).